The number of halogens is 1. The lowest BCUT2D eigenvalue weighted by molar-refractivity contribution is -0.0993. The summed E-state index contributed by atoms with van der Waals surface area (Å²) in [5.74, 6) is 0. The summed E-state index contributed by atoms with van der Waals surface area (Å²) in [4.78, 5) is 2.37. The first-order valence-corrected chi connectivity index (χ1v) is 7.64. The lowest BCUT2D eigenvalue weighted by Crippen LogP contribution is -2.58. The second kappa shape index (κ2) is 6.44. The molecular formula is C16H25ClN2O. The van der Waals surface area contributed by atoms with Crippen molar-refractivity contribution in [2.45, 2.75) is 51.0 Å². The lowest BCUT2D eigenvalue weighted by Gasteiger charge is -2.48. The van der Waals surface area contributed by atoms with E-state index in [1.165, 1.54) is 5.56 Å². The fourth-order valence-electron chi connectivity index (χ4n) is 3.36. The molecule has 3 nitrogen and oxygen atoms in total. The number of benzene rings is 1. The molecule has 1 saturated heterocycles. The van der Waals surface area contributed by atoms with Gasteiger partial charge in [0.1, 0.15) is 0 Å². The van der Waals surface area contributed by atoms with Gasteiger partial charge >= 0.3 is 0 Å². The smallest absolute Gasteiger partial charge is 0.0568 e. The highest BCUT2D eigenvalue weighted by molar-refractivity contribution is 6.30. The second-order valence-electron chi connectivity index (χ2n) is 6.08. The lowest BCUT2D eigenvalue weighted by atomic mass is 9.82. The van der Waals surface area contributed by atoms with Gasteiger partial charge in [0.25, 0.3) is 0 Å². The van der Waals surface area contributed by atoms with E-state index in [1.807, 2.05) is 18.2 Å². The van der Waals surface area contributed by atoms with Crippen LogP contribution in [0.1, 0.15) is 32.3 Å². The van der Waals surface area contributed by atoms with Gasteiger partial charge in [-0.1, -0.05) is 23.7 Å². The average Bonchev–Trinajstić information content (AvgIpc) is 2.37. The molecule has 1 fully saturated rings. The maximum Gasteiger partial charge on any atom is 0.0568 e. The van der Waals surface area contributed by atoms with Gasteiger partial charge in [-0.2, -0.15) is 0 Å². The molecule has 2 atom stereocenters. The van der Waals surface area contributed by atoms with Crippen molar-refractivity contribution in [3.63, 3.8) is 0 Å². The summed E-state index contributed by atoms with van der Waals surface area (Å²) in [5, 5.41) is 0.784. The van der Waals surface area contributed by atoms with Gasteiger partial charge in [0.2, 0.25) is 0 Å². The Labute approximate surface area is 127 Å². The van der Waals surface area contributed by atoms with E-state index in [0.717, 1.165) is 24.4 Å². The van der Waals surface area contributed by atoms with E-state index in [9.17, 15) is 0 Å². The van der Waals surface area contributed by atoms with Crippen LogP contribution in [0.5, 0.6) is 0 Å². The average molecular weight is 297 g/mol. The highest BCUT2D eigenvalue weighted by Crippen LogP contribution is 2.33. The van der Waals surface area contributed by atoms with Crippen LogP contribution in [-0.4, -0.2) is 36.2 Å². The number of likely N-dealkylation sites (N-methyl/N-ethyl adjacent to an activating group) is 1. The van der Waals surface area contributed by atoms with Gasteiger partial charge in [-0.25, -0.2) is 0 Å². The van der Waals surface area contributed by atoms with Crippen LogP contribution in [0.3, 0.4) is 0 Å². The zero-order valence-corrected chi connectivity index (χ0v) is 13.4. The van der Waals surface area contributed by atoms with Crippen LogP contribution < -0.4 is 5.73 Å². The van der Waals surface area contributed by atoms with E-state index in [-0.39, 0.29) is 17.7 Å². The minimum atomic E-state index is 0.0133. The highest BCUT2D eigenvalue weighted by Gasteiger charge is 2.40. The van der Waals surface area contributed by atoms with E-state index < -0.39 is 0 Å². The summed E-state index contributed by atoms with van der Waals surface area (Å²) >= 11 is 6.07. The van der Waals surface area contributed by atoms with Gasteiger partial charge in [-0.15, -0.1) is 0 Å². The van der Waals surface area contributed by atoms with Gasteiger partial charge in [0.05, 0.1) is 12.2 Å². The number of hydrogen-bond donors (Lipinski definition) is 1. The van der Waals surface area contributed by atoms with Gasteiger partial charge < -0.3 is 10.5 Å². The Kier molecular flexibility index (Phi) is 5.08. The van der Waals surface area contributed by atoms with E-state index in [2.05, 4.69) is 31.9 Å². The van der Waals surface area contributed by atoms with Crippen LogP contribution in [-0.2, 0) is 11.3 Å². The summed E-state index contributed by atoms with van der Waals surface area (Å²) in [6.07, 6.45) is 2.46. The van der Waals surface area contributed by atoms with E-state index in [1.54, 1.807) is 0 Å². The number of ether oxygens (including phenoxy) is 1. The fraction of sp³-hybridized carbons (Fsp3) is 0.625. The Bertz CT molecular complexity index is 442. The van der Waals surface area contributed by atoms with Crippen molar-refractivity contribution in [1.82, 2.24) is 4.90 Å². The SMILES string of the molecule is CC1CC(CN)(N(C)Cc2cccc(Cl)c2)CC(C)O1. The third kappa shape index (κ3) is 3.53. The first kappa shape index (κ1) is 15.8. The molecule has 0 bridgehead atoms. The van der Waals surface area contributed by atoms with Gasteiger partial charge in [-0.05, 0) is 51.4 Å². The topological polar surface area (TPSA) is 38.5 Å². The molecular weight excluding hydrogens is 272 g/mol. The zero-order chi connectivity index (χ0) is 14.8. The molecule has 1 aliphatic heterocycles. The molecule has 20 heavy (non-hydrogen) atoms. The minimum absolute atomic E-state index is 0.0133. The van der Waals surface area contributed by atoms with Crippen molar-refractivity contribution < 1.29 is 4.74 Å². The van der Waals surface area contributed by atoms with Gasteiger partial charge in [-0.3, -0.25) is 4.90 Å². The Morgan fingerprint density at radius 1 is 1.35 bits per heavy atom. The molecule has 0 radical (unpaired) electrons. The van der Waals surface area contributed by atoms with Crippen LogP contribution in [0.15, 0.2) is 24.3 Å². The predicted octanol–water partition coefficient (Wildman–Crippen LogP) is 3.06. The van der Waals surface area contributed by atoms with Crippen LogP contribution in [0.2, 0.25) is 5.02 Å². The molecule has 2 rings (SSSR count). The highest BCUT2D eigenvalue weighted by atomic mass is 35.5. The Balaban J connectivity index is 2.14. The van der Waals surface area contributed by atoms with Crippen molar-refractivity contribution in [2.24, 2.45) is 5.73 Å². The summed E-state index contributed by atoms with van der Waals surface area (Å²) in [7, 11) is 2.15. The first-order chi connectivity index (χ1) is 9.45. The summed E-state index contributed by atoms with van der Waals surface area (Å²) in [5.41, 5.74) is 7.36. The van der Waals surface area contributed by atoms with Crippen molar-refractivity contribution in [1.29, 1.82) is 0 Å². The van der Waals surface area contributed by atoms with E-state index >= 15 is 0 Å². The molecule has 2 unspecified atom stereocenters. The standard InChI is InChI=1S/C16H25ClN2O/c1-12-8-16(11-18,9-13(2)20-12)19(3)10-14-5-4-6-15(17)7-14/h4-7,12-13H,8-11,18H2,1-3H3. The van der Waals surface area contributed by atoms with Crippen molar-refractivity contribution in [2.75, 3.05) is 13.6 Å². The van der Waals surface area contributed by atoms with Crippen LogP contribution in [0.4, 0.5) is 0 Å². The summed E-state index contributed by atoms with van der Waals surface area (Å²) in [6, 6.07) is 8.03. The van der Waals surface area contributed by atoms with Crippen LogP contribution in [0, 0.1) is 0 Å². The number of nitrogens with two attached hydrogens (primary N) is 1. The van der Waals surface area contributed by atoms with E-state index in [0.29, 0.717) is 6.54 Å². The largest absolute Gasteiger partial charge is 0.375 e. The Morgan fingerprint density at radius 3 is 2.55 bits per heavy atom. The molecule has 0 amide bonds. The van der Waals surface area contributed by atoms with Gasteiger partial charge in [0, 0.05) is 23.7 Å². The molecule has 0 aromatic heterocycles. The van der Waals surface area contributed by atoms with E-state index in [4.69, 9.17) is 22.1 Å². The predicted molar refractivity (Wildman–Crippen MR) is 83.9 cm³/mol. The molecule has 0 spiro atoms. The first-order valence-electron chi connectivity index (χ1n) is 7.26. The third-order valence-electron chi connectivity index (χ3n) is 4.30. The molecule has 0 saturated carbocycles. The van der Waals surface area contributed by atoms with Crippen molar-refractivity contribution in [3.8, 4) is 0 Å². The summed E-state index contributed by atoms with van der Waals surface area (Å²) in [6.45, 7) is 5.78. The maximum atomic E-state index is 6.12. The zero-order valence-electron chi connectivity index (χ0n) is 12.6. The number of rotatable bonds is 4. The fourth-order valence-corrected chi connectivity index (χ4v) is 3.57. The monoisotopic (exact) mass is 296 g/mol. The molecule has 1 heterocycles. The quantitative estimate of drug-likeness (QED) is 0.928. The third-order valence-corrected chi connectivity index (χ3v) is 4.53. The molecule has 2 N–H and O–H groups in total. The van der Waals surface area contributed by atoms with Crippen LogP contribution >= 0.6 is 11.6 Å². The van der Waals surface area contributed by atoms with Gasteiger partial charge in [0.15, 0.2) is 0 Å². The molecule has 0 aliphatic carbocycles. The maximum absolute atomic E-state index is 6.12. The molecule has 1 aromatic rings. The Hall–Kier alpha value is -0.610. The molecule has 4 heteroatoms. The molecule has 1 aromatic carbocycles. The minimum Gasteiger partial charge on any atom is -0.375 e. The van der Waals surface area contributed by atoms with Crippen molar-refractivity contribution >= 4 is 11.6 Å². The molecule has 1 aliphatic rings. The number of nitrogens with zero attached hydrogens (tertiary/aromatic N) is 1. The summed E-state index contributed by atoms with van der Waals surface area (Å²) < 4.78 is 5.86. The van der Waals surface area contributed by atoms with Crippen LogP contribution in [0.25, 0.3) is 0 Å². The Morgan fingerprint density at radius 2 is 2.00 bits per heavy atom. The molecule has 112 valence electrons. The second-order valence-corrected chi connectivity index (χ2v) is 6.52. The number of hydrogen-bond acceptors (Lipinski definition) is 3. The van der Waals surface area contributed by atoms with Crippen molar-refractivity contribution in [3.05, 3.63) is 34.9 Å². The normalized spacial score (nSPS) is 30.7.